The number of hydrogen-bond acceptors (Lipinski definition) is 7. The molecule has 0 fully saturated rings. The number of methoxy groups -OCH3 is 1. The van der Waals surface area contributed by atoms with Crippen LogP contribution in [-0.2, 0) is 0 Å². The first-order valence-corrected chi connectivity index (χ1v) is 8.51. The van der Waals surface area contributed by atoms with E-state index in [1.54, 1.807) is 0 Å². The zero-order chi connectivity index (χ0) is 21.0. The molecule has 1 aromatic heterocycles. The fraction of sp³-hybridized carbons (Fsp3) is 0.0526. The van der Waals surface area contributed by atoms with Gasteiger partial charge < -0.3 is 14.3 Å². The molecular formula is C19H14ClN3O6. The SMILES string of the molecule is COc1ccc(C(=O)N/N=C\c2ccc(-c3ccc(Cl)cc3[N+](=O)[O-])o2)c(O)c1. The average molecular weight is 416 g/mol. The summed E-state index contributed by atoms with van der Waals surface area (Å²) in [5.74, 6) is 0.00769. The number of phenols is 1. The quantitative estimate of drug-likeness (QED) is 0.356. The molecule has 2 N–H and O–H groups in total. The van der Waals surface area contributed by atoms with Gasteiger partial charge in [0.15, 0.2) is 0 Å². The van der Waals surface area contributed by atoms with Gasteiger partial charge in [0.25, 0.3) is 11.6 Å². The summed E-state index contributed by atoms with van der Waals surface area (Å²) in [7, 11) is 1.44. The number of hydrogen-bond donors (Lipinski definition) is 2. The van der Waals surface area contributed by atoms with Crippen LogP contribution in [0.4, 0.5) is 5.69 Å². The molecule has 0 aliphatic carbocycles. The molecule has 0 saturated carbocycles. The number of nitro benzene ring substituents is 1. The Bertz CT molecular complexity index is 1110. The number of aromatic hydroxyl groups is 1. The van der Waals surface area contributed by atoms with E-state index >= 15 is 0 Å². The van der Waals surface area contributed by atoms with Crippen LogP contribution in [0.5, 0.6) is 11.5 Å². The average Bonchev–Trinajstić information content (AvgIpc) is 3.16. The lowest BCUT2D eigenvalue weighted by molar-refractivity contribution is -0.384. The zero-order valence-corrected chi connectivity index (χ0v) is 15.7. The first kappa shape index (κ1) is 19.9. The topological polar surface area (TPSA) is 127 Å². The van der Waals surface area contributed by atoms with Crippen LogP contribution >= 0.6 is 11.6 Å². The molecule has 0 unspecified atom stereocenters. The van der Waals surface area contributed by atoms with Gasteiger partial charge in [-0.15, -0.1) is 0 Å². The Morgan fingerprint density at radius 1 is 1.28 bits per heavy atom. The number of benzene rings is 2. The molecule has 10 heteroatoms. The first-order valence-electron chi connectivity index (χ1n) is 8.13. The third-order valence-electron chi connectivity index (χ3n) is 3.86. The number of furan rings is 1. The number of nitrogens with one attached hydrogen (secondary N) is 1. The molecule has 9 nitrogen and oxygen atoms in total. The summed E-state index contributed by atoms with van der Waals surface area (Å²) in [6.07, 6.45) is 1.23. The molecule has 0 saturated heterocycles. The smallest absolute Gasteiger partial charge is 0.281 e. The number of carbonyl (C=O) groups excluding carboxylic acids is 1. The molecule has 0 aliphatic heterocycles. The van der Waals surface area contributed by atoms with Gasteiger partial charge in [0, 0.05) is 17.2 Å². The molecule has 29 heavy (non-hydrogen) atoms. The molecule has 0 aliphatic rings. The van der Waals surface area contributed by atoms with Crippen LogP contribution in [0.25, 0.3) is 11.3 Å². The Kier molecular flexibility index (Phi) is 5.79. The maximum Gasteiger partial charge on any atom is 0.281 e. The monoisotopic (exact) mass is 415 g/mol. The van der Waals surface area contributed by atoms with Crippen molar-refractivity contribution in [1.82, 2.24) is 5.43 Å². The summed E-state index contributed by atoms with van der Waals surface area (Å²) < 4.78 is 10.5. The fourth-order valence-electron chi connectivity index (χ4n) is 2.48. The van der Waals surface area contributed by atoms with Crippen molar-refractivity contribution < 1.29 is 24.0 Å². The number of nitrogens with zero attached hydrogens (tertiary/aromatic N) is 2. The number of rotatable bonds is 6. The van der Waals surface area contributed by atoms with E-state index in [4.69, 9.17) is 20.8 Å². The van der Waals surface area contributed by atoms with E-state index in [0.29, 0.717) is 5.75 Å². The van der Waals surface area contributed by atoms with Gasteiger partial charge in [0.05, 0.1) is 29.4 Å². The van der Waals surface area contributed by atoms with E-state index in [1.165, 1.54) is 61.9 Å². The summed E-state index contributed by atoms with van der Waals surface area (Å²) in [5.41, 5.74) is 2.33. The van der Waals surface area contributed by atoms with Crippen molar-refractivity contribution in [3.8, 4) is 22.8 Å². The van der Waals surface area contributed by atoms with E-state index in [9.17, 15) is 20.0 Å². The van der Waals surface area contributed by atoms with Crippen LogP contribution in [0, 0.1) is 10.1 Å². The van der Waals surface area contributed by atoms with Crippen molar-refractivity contribution in [1.29, 1.82) is 0 Å². The molecule has 2 aromatic carbocycles. The van der Waals surface area contributed by atoms with E-state index in [0.717, 1.165) is 0 Å². The van der Waals surface area contributed by atoms with Crippen molar-refractivity contribution >= 4 is 29.4 Å². The Morgan fingerprint density at radius 3 is 2.76 bits per heavy atom. The molecule has 1 heterocycles. The lowest BCUT2D eigenvalue weighted by Crippen LogP contribution is -2.17. The van der Waals surface area contributed by atoms with Gasteiger partial charge in [-0.05, 0) is 36.4 Å². The van der Waals surface area contributed by atoms with E-state index in [2.05, 4.69) is 10.5 Å². The Labute approximate surface area is 169 Å². The minimum atomic E-state index is -0.637. The van der Waals surface area contributed by atoms with Gasteiger partial charge in [0.2, 0.25) is 0 Å². The highest BCUT2D eigenvalue weighted by atomic mass is 35.5. The van der Waals surface area contributed by atoms with Crippen LogP contribution in [0.15, 0.2) is 58.0 Å². The molecule has 3 aromatic rings. The minimum absolute atomic E-state index is 0.0138. The molecule has 0 atom stereocenters. The molecule has 0 bridgehead atoms. The van der Waals surface area contributed by atoms with E-state index < -0.39 is 10.8 Å². The second-order valence-corrected chi connectivity index (χ2v) is 6.14. The highest BCUT2D eigenvalue weighted by Crippen LogP contribution is 2.33. The van der Waals surface area contributed by atoms with Gasteiger partial charge in [0.1, 0.15) is 23.0 Å². The van der Waals surface area contributed by atoms with Crippen LogP contribution in [0.3, 0.4) is 0 Å². The lowest BCUT2D eigenvalue weighted by atomic mass is 10.1. The number of halogens is 1. The van der Waals surface area contributed by atoms with Crippen molar-refractivity contribution in [2.24, 2.45) is 5.10 Å². The minimum Gasteiger partial charge on any atom is -0.507 e. The number of hydrazone groups is 1. The second kappa shape index (κ2) is 8.44. The highest BCUT2D eigenvalue weighted by Gasteiger charge is 2.18. The predicted octanol–water partition coefficient (Wildman–Crippen LogP) is 3.99. The number of amides is 1. The second-order valence-electron chi connectivity index (χ2n) is 5.70. The lowest BCUT2D eigenvalue weighted by Gasteiger charge is -2.05. The van der Waals surface area contributed by atoms with Gasteiger partial charge >= 0.3 is 0 Å². The molecule has 0 radical (unpaired) electrons. The number of ether oxygens (including phenoxy) is 1. The van der Waals surface area contributed by atoms with Crippen LogP contribution in [0.1, 0.15) is 16.1 Å². The maximum absolute atomic E-state index is 12.1. The molecule has 1 amide bonds. The highest BCUT2D eigenvalue weighted by molar-refractivity contribution is 6.30. The Hall–Kier alpha value is -3.85. The third-order valence-corrected chi connectivity index (χ3v) is 4.09. The zero-order valence-electron chi connectivity index (χ0n) is 15.0. The van der Waals surface area contributed by atoms with Gasteiger partial charge in [-0.25, -0.2) is 5.43 Å². The third kappa shape index (κ3) is 4.53. The van der Waals surface area contributed by atoms with Crippen LogP contribution < -0.4 is 10.2 Å². The Balaban J connectivity index is 1.73. The standard InChI is InChI=1S/C19H14ClN3O6/c1-28-12-3-6-15(17(24)9-12)19(25)22-21-10-13-4-7-18(29-13)14-5-2-11(20)8-16(14)23(26)27/h2-10,24H,1H3,(H,22,25)/b21-10-. The summed E-state index contributed by atoms with van der Waals surface area (Å²) in [6, 6.07) is 11.5. The molecule has 0 spiro atoms. The summed E-state index contributed by atoms with van der Waals surface area (Å²) in [4.78, 5) is 22.7. The summed E-state index contributed by atoms with van der Waals surface area (Å²) >= 11 is 5.81. The number of nitro groups is 1. The van der Waals surface area contributed by atoms with Crippen molar-refractivity contribution in [3.05, 3.63) is 75.0 Å². The van der Waals surface area contributed by atoms with Crippen molar-refractivity contribution in [2.45, 2.75) is 0 Å². The normalized spacial score (nSPS) is 10.8. The summed E-state index contributed by atoms with van der Waals surface area (Å²) in [6.45, 7) is 0. The fourth-order valence-corrected chi connectivity index (χ4v) is 2.64. The van der Waals surface area contributed by atoms with Crippen molar-refractivity contribution in [3.63, 3.8) is 0 Å². The van der Waals surface area contributed by atoms with Gasteiger partial charge in [-0.1, -0.05) is 11.6 Å². The van der Waals surface area contributed by atoms with Crippen molar-refractivity contribution in [2.75, 3.05) is 7.11 Å². The molecule has 3 rings (SSSR count). The summed E-state index contributed by atoms with van der Waals surface area (Å²) in [5, 5.41) is 25.1. The Morgan fingerprint density at radius 2 is 2.07 bits per heavy atom. The van der Waals surface area contributed by atoms with Gasteiger partial charge in [-0.3, -0.25) is 14.9 Å². The maximum atomic E-state index is 12.1. The van der Waals surface area contributed by atoms with E-state index in [1.807, 2.05) is 0 Å². The van der Waals surface area contributed by atoms with Gasteiger partial charge in [-0.2, -0.15) is 5.10 Å². The first-order chi connectivity index (χ1) is 13.9. The predicted molar refractivity (Wildman–Crippen MR) is 106 cm³/mol. The number of carbonyl (C=O) groups is 1. The molecular weight excluding hydrogens is 402 g/mol. The molecule has 148 valence electrons. The van der Waals surface area contributed by atoms with Crippen LogP contribution in [0.2, 0.25) is 5.02 Å². The largest absolute Gasteiger partial charge is 0.507 e. The van der Waals surface area contributed by atoms with Crippen LogP contribution in [-0.4, -0.2) is 29.3 Å². The number of phenolic OH excluding ortho intramolecular Hbond substituents is 1. The van der Waals surface area contributed by atoms with E-state index in [-0.39, 0.29) is 39.1 Å².